The minimum absolute atomic E-state index is 0.277. The van der Waals surface area contributed by atoms with E-state index in [4.69, 9.17) is 26.3 Å². The van der Waals surface area contributed by atoms with Crippen molar-refractivity contribution in [1.82, 2.24) is 20.6 Å². The molecule has 1 aromatic heterocycles. The first-order chi connectivity index (χ1) is 14.0. The summed E-state index contributed by atoms with van der Waals surface area (Å²) in [5, 5.41) is 5.73. The molecule has 1 aliphatic carbocycles. The first kappa shape index (κ1) is 21.0. The fraction of sp³-hybridized carbons (Fsp3) is 0.429. The van der Waals surface area contributed by atoms with E-state index in [1.54, 1.807) is 0 Å². The topological polar surface area (TPSA) is 93.2 Å². The predicted molar refractivity (Wildman–Crippen MR) is 111 cm³/mol. The number of carbonyl (C=O) groups excluding carboxylic acids is 2. The van der Waals surface area contributed by atoms with Gasteiger partial charge in [0.25, 0.3) is 5.91 Å². The number of unbranched alkanes of at least 4 members (excludes halogenated alkanes) is 1. The zero-order valence-corrected chi connectivity index (χ0v) is 17.2. The van der Waals surface area contributed by atoms with E-state index in [0.717, 1.165) is 54.9 Å². The van der Waals surface area contributed by atoms with E-state index in [2.05, 4.69) is 10.6 Å². The maximum absolute atomic E-state index is 11.5. The first-order valence-corrected chi connectivity index (χ1v) is 10.2. The largest absolute Gasteiger partial charge is 0.439 e. The number of alkyl carbamates (subject to hydrolysis) is 1. The van der Waals surface area contributed by atoms with Gasteiger partial charge >= 0.3 is 6.09 Å². The van der Waals surface area contributed by atoms with Gasteiger partial charge in [0.05, 0.1) is 5.69 Å². The maximum Gasteiger partial charge on any atom is 0.407 e. The summed E-state index contributed by atoms with van der Waals surface area (Å²) in [4.78, 5) is 32.0. The molecule has 29 heavy (non-hydrogen) atoms. The molecule has 0 spiro atoms. The van der Waals surface area contributed by atoms with Gasteiger partial charge in [-0.25, -0.2) is 14.8 Å². The Hall–Kier alpha value is -2.67. The molecule has 154 valence electrons. The summed E-state index contributed by atoms with van der Waals surface area (Å²) in [6.45, 7) is 0.206. The van der Waals surface area contributed by atoms with Crippen molar-refractivity contribution < 1.29 is 14.3 Å². The number of hydrogen-bond donors (Lipinski definition) is 2. The second-order valence-corrected chi connectivity index (χ2v) is 7.45. The highest BCUT2D eigenvalue weighted by molar-refractivity contribution is 6.30. The van der Waals surface area contributed by atoms with Crippen molar-refractivity contribution in [3.63, 3.8) is 0 Å². The van der Waals surface area contributed by atoms with Gasteiger partial charge < -0.3 is 15.4 Å². The van der Waals surface area contributed by atoms with E-state index in [-0.39, 0.29) is 12.5 Å². The Morgan fingerprint density at radius 1 is 1.17 bits per heavy atom. The molecule has 0 atom stereocenters. The number of aromatic nitrogens is 2. The molecule has 7 nitrogen and oxygen atoms in total. The second-order valence-electron chi connectivity index (χ2n) is 7.02. The van der Waals surface area contributed by atoms with Crippen molar-refractivity contribution in [3.8, 4) is 11.3 Å². The summed E-state index contributed by atoms with van der Waals surface area (Å²) in [5.74, 6) is 1.05. The molecule has 0 saturated heterocycles. The van der Waals surface area contributed by atoms with Gasteiger partial charge in [0.2, 0.25) is 0 Å². The maximum atomic E-state index is 11.5. The van der Waals surface area contributed by atoms with Crippen LogP contribution in [0.2, 0.25) is 5.02 Å². The molecular formula is C21H25ClN4O3. The third kappa shape index (κ3) is 6.71. The molecule has 8 heteroatoms. The van der Waals surface area contributed by atoms with Gasteiger partial charge in [0.1, 0.15) is 5.82 Å². The summed E-state index contributed by atoms with van der Waals surface area (Å²) >= 11 is 5.99. The number of halogens is 1. The molecule has 1 fully saturated rings. The average molecular weight is 417 g/mol. The van der Waals surface area contributed by atoms with E-state index in [1.807, 2.05) is 30.3 Å². The van der Waals surface area contributed by atoms with Crippen LogP contribution in [0.3, 0.4) is 0 Å². The third-order valence-corrected chi connectivity index (χ3v) is 4.87. The number of rotatable bonds is 9. The van der Waals surface area contributed by atoms with Gasteiger partial charge in [-0.1, -0.05) is 23.7 Å². The van der Waals surface area contributed by atoms with Crippen molar-refractivity contribution in [2.75, 3.05) is 20.2 Å². The van der Waals surface area contributed by atoms with Gasteiger partial charge in [-0.2, -0.15) is 0 Å². The van der Waals surface area contributed by atoms with Crippen molar-refractivity contribution in [1.29, 1.82) is 0 Å². The minimum Gasteiger partial charge on any atom is -0.439 e. The Morgan fingerprint density at radius 2 is 1.93 bits per heavy atom. The fourth-order valence-electron chi connectivity index (χ4n) is 2.81. The van der Waals surface area contributed by atoms with Gasteiger partial charge in [-0.15, -0.1) is 0 Å². The number of likely N-dealkylation sites (N-methyl/N-ethyl adjacent to an activating group) is 1. The highest BCUT2D eigenvalue weighted by Gasteiger charge is 2.27. The molecular weight excluding hydrogens is 392 g/mol. The molecule has 0 radical (unpaired) electrons. The molecule has 1 saturated carbocycles. The summed E-state index contributed by atoms with van der Waals surface area (Å²) in [6, 6.07) is 9.70. The van der Waals surface area contributed by atoms with Crippen molar-refractivity contribution in [2.45, 2.75) is 38.0 Å². The molecule has 1 aliphatic rings. The minimum atomic E-state index is -0.586. The van der Waals surface area contributed by atoms with Crippen LogP contribution in [0.4, 0.5) is 4.79 Å². The summed E-state index contributed by atoms with van der Waals surface area (Å²) < 4.78 is 4.79. The van der Waals surface area contributed by atoms with Crippen molar-refractivity contribution in [3.05, 3.63) is 46.9 Å². The Labute approximate surface area is 175 Å². The smallest absolute Gasteiger partial charge is 0.407 e. The zero-order valence-electron chi connectivity index (χ0n) is 16.4. The predicted octanol–water partition coefficient (Wildman–Crippen LogP) is 3.47. The molecule has 1 heterocycles. The summed E-state index contributed by atoms with van der Waals surface area (Å²) in [5.41, 5.74) is 2.96. The number of aryl methyl sites for hydroxylation is 1. The standard InChI is InChI=1S/C21H25ClN4O3/c1-23-19(27)13-29-21(28)24-11-3-2-4-17-12-18(14-7-9-16(22)10-8-14)26-20(25-17)15-5-6-15/h7-10,12,15H,2-6,11,13H2,1H3,(H,23,27)(H,24,28). The normalized spacial score (nSPS) is 13.0. The Morgan fingerprint density at radius 3 is 2.62 bits per heavy atom. The van der Waals surface area contributed by atoms with Crippen LogP contribution in [0, 0.1) is 0 Å². The summed E-state index contributed by atoms with van der Waals surface area (Å²) in [6.07, 6.45) is 4.16. The number of amides is 2. The van der Waals surface area contributed by atoms with E-state index in [0.29, 0.717) is 17.5 Å². The molecule has 1 aromatic carbocycles. The Bertz CT molecular complexity index is 854. The Balaban J connectivity index is 1.51. The van der Waals surface area contributed by atoms with Crippen LogP contribution in [-0.4, -0.2) is 42.2 Å². The molecule has 0 bridgehead atoms. The number of hydrogen-bond acceptors (Lipinski definition) is 5. The van der Waals surface area contributed by atoms with Crippen LogP contribution in [0.5, 0.6) is 0 Å². The first-order valence-electron chi connectivity index (χ1n) is 9.80. The van der Waals surface area contributed by atoms with Crippen LogP contribution in [0.25, 0.3) is 11.3 Å². The van der Waals surface area contributed by atoms with Gasteiger partial charge in [-0.3, -0.25) is 4.79 Å². The third-order valence-electron chi connectivity index (χ3n) is 4.62. The molecule has 0 aliphatic heterocycles. The average Bonchev–Trinajstić information content (AvgIpc) is 3.57. The number of benzene rings is 1. The monoisotopic (exact) mass is 416 g/mol. The number of carbonyl (C=O) groups is 2. The lowest BCUT2D eigenvalue weighted by molar-refractivity contribution is -0.123. The number of nitrogens with one attached hydrogen (secondary N) is 2. The lowest BCUT2D eigenvalue weighted by Crippen LogP contribution is -2.31. The molecule has 3 rings (SSSR count). The van der Waals surface area contributed by atoms with Crippen molar-refractivity contribution >= 4 is 23.6 Å². The summed E-state index contributed by atoms with van der Waals surface area (Å²) in [7, 11) is 1.49. The van der Waals surface area contributed by atoms with Crippen LogP contribution >= 0.6 is 11.6 Å². The van der Waals surface area contributed by atoms with E-state index < -0.39 is 6.09 Å². The molecule has 2 N–H and O–H groups in total. The highest BCUT2D eigenvalue weighted by Crippen LogP contribution is 2.38. The number of ether oxygens (including phenoxy) is 1. The van der Waals surface area contributed by atoms with E-state index in [9.17, 15) is 9.59 Å². The lowest BCUT2D eigenvalue weighted by atomic mass is 10.1. The quantitative estimate of drug-likeness (QED) is 0.610. The van der Waals surface area contributed by atoms with E-state index in [1.165, 1.54) is 7.05 Å². The number of nitrogens with zero attached hydrogens (tertiary/aromatic N) is 2. The zero-order chi connectivity index (χ0) is 20.6. The molecule has 2 aromatic rings. The fourth-order valence-corrected chi connectivity index (χ4v) is 2.94. The lowest BCUT2D eigenvalue weighted by Gasteiger charge is -2.09. The van der Waals surface area contributed by atoms with Crippen LogP contribution in [-0.2, 0) is 16.0 Å². The molecule has 0 unspecified atom stereocenters. The van der Waals surface area contributed by atoms with Crippen LogP contribution in [0.15, 0.2) is 30.3 Å². The second kappa shape index (κ2) is 10.2. The van der Waals surface area contributed by atoms with Gasteiger partial charge in [0, 0.05) is 35.8 Å². The SMILES string of the molecule is CNC(=O)COC(=O)NCCCCc1cc(-c2ccc(Cl)cc2)nc(C2CC2)n1. The van der Waals surface area contributed by atoms with Crippen molar-refractivity contribution in [2.24, 2.45) is 0 Å². The van der Waals surface area contributed by atoms with Crippen LogP contribution < -0.4 is 10.6 Å². The van der Waals surface area contributed by atoms with Gasteiger partial charge in [0.15, 0.2) is 6.61 Å². The highest BCUT2D eigenvalue weighted by atomic mass is 35.5. The Kier molecular flexibility index (Phi) is 7.41. The molecule has 2 amide bonds. The van der Waals surface area contributed by atoms with Gasteiger partial charge in [-0.05, 0) is 50.3 Å². The van der Waals surface area contributed by atoms with E-state index >= 15 is 0 Å². The van der Waals surface area contributed by atoms with Crippen LogP contribution in [0.1, 0.15) is 43.1 Å².